The van der Waals surface area contributed by atoms with Gasteiger partial charge in [0.15, 0.2) is 0 Å². The molecule has 1 aliphatic rings. The summed E-state index contributed by atoms with van der Waals surface area (Å²) < 4.78 is 2.15. The molecule has 2 aromatic heterocycles. The molecule has 2 amide bonds. The highest BCUT2D eigenvalue weighted by Crippen LogP contribution is 2.26. The van der Waals surface area contributed by atoms with E-state index in [1.54, 1.807) is 11.1 Å². The third-order valence-corrected chi connectivity index (χ3v) is 4.72. The summed E-state index contributed by atoms with van der Waals surface area (Å²) in [6.07, 6.45) is 4.43. The lowest BCUT2D eigenvalue weighted by atomic mass is 10.1. The van der Waals surface area contributed by atoms with Gasteiger partial charge in [0.05, 0.1) is 29.9 Å². The van der Waals surface area contributed by atoms with Gasteiger partial charge in [-0.3, -0.25) is 4.98 Å². The van der Waals surface area contributed by atoms with E-state index in [4.69, 9.17) is 0 Å². The molecule has 26 heavy (non-hydrogen) atoms. The Hall–Kier alpha value is -3.15. The second-order valence-corrected chi connectivity index (χ2v) is 6.29. The normalized spacial score (nSPS) is 13.3. The van der Waals surface area contributed by atoms with Crippen LogP contribution in [0.5, 0.6) is 0 Å². The maximum absolute atomic E-state index is 12.8. The van der Waals surface area contributed by atoms with E-state index in [0.29, 0.717) is 18.8 Å². The molecule has 6 heteroatoms. The van der Waals surface area contributed by atoms with Gasteiger partial charge in [0, 0.05) is 37.0 Å². The maximum Gasteiger partial charge on any atom is 0.322 e. The van der Waals surface area contributed by atoms with E-state index in [0.717, 1.165) is 29.9 Å². The van der Waals surface area contributed by atoms with Crippen molar-refractivity contribution < 1.29 is 4.79 Å². The fourth-order valence-electron chi connectivity index (χ4n) is 3.34. The molecule has 0 atom stereocenters. The number of aryl methyl sites for hydroxylation is 1. The van der Waals surface area contributed by atoms with Gasteiger partial charge in [0.2, 0.25) is 0 Å². The highest BCUT2D eigenvalue weighted by molar-refractivity contribution is 5.93. The molecular formula is C20H21N5O. The summed E-state index contributed by atoms with van der Waals surface area (Å²) in [7, 11) is 0. The third kappa shape index (κ3) is 3.06. The van der Waals surface area contributed by atoms with Crippen LogP contribution in [-0.2, 0) is 19.5 Å². The van der Waals surface area contributed by atoms with Crippen molar-refractivity contribution in [2.75, 3.05) is 11.9 Å². The van der Waals surface area contributed by atoms with E-state index < -0.39 is 0 Å². The van der Waals surface area contributed by atoms with E-state index in [1.165, 1.54) is 5.69 Å². The van der Waals surface area contributed by atoms with E-state index in [9.17, 15) is 4.79 Å². The molecule has 4 rings (SSSR count). The Morgan fingerprint density at radius 3 is 2.81 bits per heavy atom. The number of imidazole rings is 1. The molecule has 0 saturated heterocycles. The number of carbonyl (C=O) groups excluding carboxylic acids is 1. The number of nitrogens with zero attached hydrogens (tertiary/aromatic N) is 4. The average Bonchev–Trinajstić information content (AvgIpc) is 3.11. The summed E-state index contributed by atoms with van der Waals surface area (Å²) in [5, 5.41) is 3.02. The van der Waals surface area contributed by atoms with Gasteiger partial charge in [0.25, 0.3) is 0 Å². The SMILES string of the molecule is CCn1cnc2c1CCN(C(=O)Nc1cccnc1-c1ccccc1)C2. The van der Waals surface area contributed by atoms with Crippen LogP contribution in [-0.4, -0.2) is 32.0 Å². The predicted molar refractivity (Wildman–Crippen MR) is 101 cm³/mol. The lowest BCUT2D eigenvalue weighted by Gasteiger charge is -2.27. The minimum atomic E-state index is -0.119. The molecule has 132 valence electrons. The smallest absolute Gasteiger partial charge is 0.322 e. The molecule has 3 heterocycles. The molecule has 1 N–H and O–H groups in total. The second kappa shape index (κ2) is 7.00. The zero-order chi connectivity index (χ0) is 17.9. The number of aromatic nitrogens is 3. The number of urea groups is 1. The van der Waals surface area contributed by atoms with Crippen LogP contribution in [0.25, 0.3) is 11.3 Å². The van der Waals surface area contributed by atoms with Crippen molar-refractivity contribution in [1.29, 1.82) is 0 Å². The molecule has 0 spiro atoms. The fourth-order valence-corrected chi connectivity index (χ4v) is 3.34. The van der Waals surface area contributed by atoms with Gasteiger partial charge in [-0.2, -0.15) is 0 Å². The number of pyridine rings is 1. The number of amides is 2. The zero-order valence-corrected chi connectivity index (χ0v) is 14.7. The van der Waals surface area contributed by atoms with Crippen molar-refractivity contribution in [3.8, 4) is 11.3 Å². The van der Waals surface area contributed by atoms with Gasteiger partial charge in [-0.25, -0.2) is 9.78 Å². The first-order valence-electron chi connectivity index (χ1n) is 8.85. The Balaban J connectivity index is 1.53. The standard InChI is InChI=1S/C20H21N5O/c1-2-24-14-22-17-13-25(12-10-18(17)24)20(26)23-16-9-6-11-21-19(16)15-7-4-3-5-8-15/h3-9,11,14H,2,10,12-13H2,1H3,(H,23,26). The Labute approximate surface area is 152 Å². The zero-order valence-electron chi connectivity index (χ0n) is 14.7. The van der Waals surface area contributed by atoms with Crippen molar-refractivity contribution in [3.05, 3.63) is 66.4 Å². The number of nitrogens with one attached hydrogen (secondary N) is 1. The largest absolute Gasteiger partial charge is 0.334 e. The Morgan fingerprint density at radius 1 is 1.15 bits per heavy atom. The first-order chi connectivity index (χ1) is 12.8. The fraction of sp³-hybridized carbons (Fsp3) is 0.250. The Kier molecular flexibility index (Phi) is 4.39. The number of benzene rings is 1. The second-order valence-electron chi connectivity index (χ2n) is 6.29. The molecule has 0 bridgehead atoms. The van der Waals surface area contributed by atoms with Crippen LogP contribution in [0.2, 0.25) is 0 Å². The van der Waals surface area contributed by atoms with Crippen LogP contribution in [0.1, 0.15) is 18.3 Å². The number of carbonyl (C=O) groups is 1. The predicted octanol–water partition coefficient (Wildman–Crippen LogP) is 3.56. The van der Waals surface area contributed by atoms with Crippen molar-refractivity contribution in [2.24, 2.45) is 0 Å². The van der Waals surface area contributed by atoms with Crippen molar-refractivity contribution in [3.63, 3.8) is 0 Å². The van der Waals surface area contributed by atoms with E-state index in [1.807, 2.05) is 48.8 Å². The highest BCUT2D eigenvalue weighted by Gasteiger charge is 2.24. The number of hydrogen-bond donors (Lipinski definition) is 1. The number of rotatable bonds is 3. The number of hydrogen-bond acceptors (Lipinski definition) is 3. The van der Waals surface area contributed by atoms with Gasteiger partial charge in [-0.15, -0.1) is 0 Å². The van der Waals surface area contributed by atoms with E-state index in [-0.39, 0.29) is 6.03 Å². The minimum absolute atomic E-state index is 0.119. The van der Waals surface area contributed by atoms with Crippen LogP contribution in [0, 0.1) is 0 Å². The quantitative estimate of drug-likeness (QED) is 0.788. The molecule has 6 nitrogen and oxygen atoms in total. The minimum Gasteiger partial charge on any atom is -0.334 e. The van der Waals surface area contributed by atoms with Crippen molar-refractivity contribution in [2.45, 2.75) is 26.4 Å². The van der Waals surface area contributed by atoms with Crippen molar-refractivity contribution in [1.82, 2.24) is 19.4 Å². The van der Waals surface area contributed by atoms with Gasteiger partial charge >= 0.3 is 6.03 Å². The number of fused-ring (bicyclic) bond motifs is 1. The molecule has 0 unspecified atom stereocenters. The van der Waals surface area contributed by atoms with Crippen LogP contribution in [0.15, 0.2) is 55.0 Å². The van der Waals surface area contributed by atoms with Crippen LogP contribution >= 0.6 is 0 Å². The van der Waals surface area contributed by atoms with E-state index >= 15 is 0 Å². The molecule has 1 aliphatic heterocycles. The highest BCUT2D eigenvalue weighted by atomic mass is 16.2. The Bertz CT molecular complexity index is 919. The lowest BCUT2D eigenvalue weighted by Crippen LogP contribution is -2.39. The average molecular weight is 347 g/mol. The van der Waals surface area contributed by atoms with Gasteiger partial charge in [0.1, 0.15) is 0 Å². The third-order valence-electron chi connectivity index (χ3n) is 4.72. The first-order valence-corrected chi connectivity index (χ1v) is 8.85. The lowest BCUT2D eigenvalue weighted by molar-refractivity contribution is 0.205. The Morgan fingerprint density at radius 2 is 2.00 bits per heavy atom. The topological polar surface area (TPSA) is 63.1 Å². The van der Waals surface area contributed by atoms with Crippen LogP contribution in [0.3, 0.4) is 0 Å². The van der Waals surface area contributed by atoms with E-state index in [2.05, 4.69) is 26.8 Å². The molecule has 0 radical (unpaired) electrons. The molecule has 0 saturated carbocycles. The molecule has 0 fully saturated rings. The molecular weight excluding hydrogens is 326 g/mol. The summed E-state index contributed by atoms with van der Waals surface area (Å²) in [5.41, 5.74) is 4.69. The van der Waals surface area contributed by atoms with Gasteiger partial charge in [-0.1, -0.05) is 30.3 Å². The van der Waals surface area contributed by atoms with Crippen LogP contribution < -0.4 is 5.32 Å². The summed E-state index contributed by atoms with van der Waals surface area (Å²) in [5.74, 6) is 0. The maximum atomic E-state index is 12.8. The van der Waals surface area contributed by atoms with Crippen LogP contribution in [0.4, 0.5) is 10.5 Å². The summed E-state index contributed by atoms with van der Waals surface area (Å²) in [6.45, 7) is 4.24. The summed E-state index contributed by atoms with van der Waals surface area (Å²) in [4.78, 5) is 23.5. The van der Waals surface area contributed by atoms with Gasteiger partial charge < -0.3 is 14.8 Å². The summed E-state index contributed by atoms with van der Waals surface area (Å²) >= 11 is 0. The van der Waals surface area contributed by atoms with Crippen molar-refractivity contribution >= 4 is 11.7 Å². The number of anilines is 1. The van der Waals surface area contributed by atoms with Gasteiger partial charge in [-0.05, 0) is 19.1 Å². The molecule has 0 aliphatic carbocycles. The summed E-state index contributed by atoms with van der Waals surface area (Å²) in [6, 6.07) is 13.5. The molecule has 3 aromatic rings. The first kappa shape index (κ1) is 16.3. The monoisotopic (exact) mass is 347 g/mol. The molecule has 1 aromatic carbocycles.